The third-order valence-corrected chi connectivity index (χ3v) is 3.28. The van der Waals surface area contributed by atoms with Crippen LogP contribution in [0.5, 0.6) is 11.5 Å². The van der Waals surface area contributed by atoms with Crippen molar-refractivity contribution >= 4 is 11.6 Å². The van der Waals surface area contributed by atoms with Gasteiger partial charge in [-0.05, 0) is 26.0 Å². The molecule has 0 aliphatic heterocycles. The minimum absolute atomic E-state index is 0.101. The molecule has 0 fully saturated rings. The average molecular weight is 325 g/mol. The van der Waals surface area contributed by atoms with Gasteiger partial charge in [-0.1, -0.05) is 0 Å². The summed E-state index contributed by atoms with van der Waals surface area (Å²) < 4.78 is 35.6. The molecule has 1 heterocycles. The Kier molecular flexibility index (Phi) is 5.15. The molecule has 6 nitrogen and oxygen atoms in total. The predicted molar refractivity (Wildman–Crippen MR) is 80.2 cm³/mol. The SMILES string of the molecule is CCn1ncc(C(=O)Nc2ccc(OC(F)F)c(OC)c2)c1C. The van der Waals surface area contributed by atoms with Gasteiger partial charge in [0.05, 0.1) is 18.9 Å². The molecule has 0 spiro atoms. The van der Waals surface area contributed by atoms with E-state index < -0.39 is 6.61 Å². The summed E-state index contributed by atoms with van der Waals surface area (Å²) in [6.07, 6.45) is 1.49. The van der Waals surface area contributed by atoms with Crippen molar-refractivity contribution in [1.29, 1.82) is 0 Å². The maximum absolute atomic E-state index is 12.3. The lowest BCUT2D eigenvalue weighted by Crippen LogP contribution is -2.13. The number of nitrogens with zero attached hydrogens (tertiary/aromatic N) is 2. The van der Waals surface area contributed by atoms with Crippen molar-refractivity contribution in [2.45, 2.75) is 27.0 Å². The van der Waals surface area contributed by atoms with E-state index in [-0.39, 0.29) is 17.4 Å². The number of carbonyl (C=O) groups excluding carboxylic acids is 1. The lowest BCUT2D eigenvalue weighted by molar-refractivity contribution is -0.0512. The molecule has 0 aliphatic carbocycles. The van der Waals surface area contributed by atoms with E-state index in [1.165, 1.54) is 31.5 Å². The third kappa shape index (κ3) is 3.77. The number of amides is 1. The predicted octanol–water partition coefficient (Wildman–Crippen LogP) is 3.07. The molecule has 8 heteroatoms. The lowest BCUT2D eigenvalue weighted by Gasteiger charge is -2.12. The average Bonchev–Trinajstić information content (AvgIpc) is 2.89. The van der Waals surface area contributed by atoms with Crippen LogP contribution in [0.2, 0.25) is 0 Å². The van der Waals surface area contributed by atoms with Crippen LogP contribution in [-0.4, -0.2) is 29.4 Å². The number of hydrogen-bond acceptors (Lipinski definition) is 4. The second-order valence-corrected chi connectivity index (χ2v) is 4.66. The van der Waals surface area contributed by atoms with Gasteiger partial charge >= 0.3 is 6.61 Å². The molecule has 0 saturated heterocycles. The Bertz CT molecular complexity index is 701. The number of rotatable bonds is 6. The van der Waals surface area contributed by atoms with E-state index >= 15 is 0 Å². The van der Waals surface area contributed by atoms with Crippen LogP contribution in [0.25, 0.3) is 0 Å². The zero-order chi connectivity index (χ0) is 17.0. The first kappa shape index (κ1) is 16.7. The minimum Gasteiger partial charge on any atom is -0.493 e. The van der Waals surface area contributed by atoms with E-state index in [1.807, 2.05) is 6.92 Å². The maximum atomic E-state index is 12.3. The van der Waals surface area contributed by atoms with E-state index in [2.05, 4.69) is 15.2 Å². The summed E-state index contributed by atoms with van der Waals surface area (Å²) in [6, 6.07) is 4.18. The van der Waals surface area contributed by atoms with Gasteiger partial charge in [-0.15, -0.1) is 0 Å². The number of methoxy groups -OCH3 is 1. The van der Waals surface area contributed by atoms with Crippen molar-refractivity contribution in [2.75, 3.05) is 12.4 Å². The Labute approximate surface area is 132 Å². The fraction of sp³-hybridized carbons (Fsp3) is 0.333. The molecule has 2 aromatic rings. The standard InChI is InChI=1S/C15H17F2N3O3/c1-4-20-9(2)11(8-18-20)14(21)19-10-5-6-12(23-15(16)17)13(7-10)22-3/h5-8,15H,4H2,1-3H3,(H,19,21). The summed E-state index contributed by atoms with van der Waals surface area (Å²) in [7, 11) is 1.33. The van der Waals surface area contributed by atoms with Crippen molar-refractivity contribution in [3.63, 3.8) is 0 Å². The Balaban J connectivity index is 2.19. The maximum Gasteiger partial charge on any atom is 0.387 e. The summed E-state index contributed by atoms with van der Waals surface area (Å²) in [4.78, 5) is 12.3. The van der Waals surface area contributed by atoms with Crippen molar-refractivity contribution in [3.05, 3.63) is 35.7 Å². The number of carbonyl (C=O) groups is 1. The van der Waals surface area contributed by atoms with Gasteiger partial charge in [0.15, 0.2) is 11.5 Å². The first-order chi connectivity index (χ1) is 11.0. The van der Waals surface area contributed by atoms with Gasteiger partial charge in [-0.2, -0.15) is 13.9 Å². The van der Waals surface area contributed by atoms with Crippen LogP contribution in [0, 0.1) is 6.92 Å². The number of alkyl halides is 2. The lowest BCUT2D eigenvalue weighted by atomic mass is 10.2. The second kappa shape index (κ2) is 7.08. The highest BCUT2D eigenvalue weighted by molar-refractivity contribution is 6.05. The molecule has 2 rings (SSSR count). The molecule has 1 N–H and O–H groups in total. The van der Waals surface area contributed by atoms with E-state index in [0.29, 0.717) is 17.8 Å². The van der Waals surface area contributed by atoms with Crippen LogP contribution >= 0.6 is 0 Å². The second-order valence-electron chi connectivity index (χ2n) is 4.66. The molecule has 1 aromatic carbocycles. The molecule has 1 amide bonds. The summed E-state index contributed by atoms with van der Waals surface area (Å²) in [5.41, 5.74) is 1.59. The quantitative estimate of drug-likeness (QED) is 0.886. The molecule has 0 atom stereocenters. The third-order valence-electron chi connectivity index (χ3n) is 3.28. The first-order valence-electron chi connectivity index (χ1n) is 6.92. The Morgan fingerprint density at radius 2 is 2.13 bits per heavy atom. The van der Waals surface area contributed by atoms with Crippen LogP contribution in [0.3, 0.4) is 0 Å². The largest absolute Gasteiger partial charge is 0.493 e. The fourth-order valence-electron chi connectivity index (χ4n) is 2.13. The number of anilines is 1. The molecule has 0 bridgehead atoms. The van der Waals surface area contributed by atoms with E-state index in [0.717, 1.165) is 5.69 Å². The minimum atomic E-state index is -2.95. The van der Waals surface area contributed by atoms with Gasteiger partial charge in [0, 0.05) is 24.0 Å². The molecule has 0 saturated carbocycles. The van der Waals surface area contributed by atoms with Gasteiger partial charge in [-0.25, -0.2) is 0 Å². The highest BCUT2D eigenvalue weighted by Crippen LogP contribution is 2.31. The zero-order valence-corrected chi connectivity index (χ0v) is 13.0. The summed E-state index contributed by atoms with van der Waals surface area (Å²) in [5, 5.41) is 6.78. The van der Waals surface area contributed by atoms with Gasteiger partial charge in [0.25, 0.3) is 5.91 Å². The normalized spacial score (nSPS) is 10.7. The van der Waals surface area contributed by atoms with Gasteiger partial charge in [-0.3, -0.25) is 9.48 Å². The summed E-state index contributed by atoms with van der Waals surface area (Å²) >= 11 is 0. The zero-order valence-electron chi connectivity index (χ0n) is 13.0. The molecular formula is C15H17F2N3O3. The number of halogens is 2. The first-order valence-corrected chi connectivity index (χ1v) is 6.92. The number of benzene rings is 1. The summed E-state index contributed by atoms with van der Waals surface area (Å²) in [5.74, 6) is -0.341. The highest BCUT2D eigenvalue weighted by atomic mass is 19.3. The topological polar surface area (TPSA) is 65.4 Å². The smallest absolute Gasteiger partial charge is 0.387 e. The molecule has 23 heavy (non-hydrogen) atoms. The Morgan fingerprint density at radius 3 is 2.70 bits per heavy atom. The number of aromatic nitrogens is 2. The van der Waals surface area contributed by atoms with Crippen molar-refractivity contribution in [3.8, 4) is 11.5 Å². The van der Waals surface area contributed by atoms with E-state index in [4.69, 9.17) is 4.74 Å². The number of nitrogens with one attached hydrogen (secondary N) is 1. The van der Waals surface area contributed by atoms with Gasteiger partial charge < -0.3 is 14.8 Å². The monoisotopic (exact) mass is 325 g/mol. The molecule has 0 aliphatic rings. The van der Waals surface area contributed by atoms with Crippen LogP contribution in [-0.2, 0) is 6.54 Å². The Morgan fingerprint density at radius 1 is 1.39 bits per heavy atom. The summed E-state index contributed by atoms with van der Waals surface area (Å²) in [6.45, 7) is 1.43. The molecule has 0 radical (unpaired) electrons. The van der Waals surface area contributed by atoms with E-state index in [1.54, 1.807) is 11.6 Å². The van der Waals surface area contributed by atoms with Crippen molar-refractivity contribution < 1.29 is 23.0 Å². The van der Waals surface area contributed by atoms with Crippen LogP contribution in [0.1, 0.15) is 23.0 Å². The van der Waals surface area contributed by atoms with Crippen LogP contribution < -0.4 is 14.8 Å². The number of hydrogen-bond donors (Lipinski definition) is 1. The van der Waals surface area contributed by atoms with Gasteiger partial charge in [0.2, 0.25) is 0 Å². The molecule has 1 aromatic heterocycles. The van der Waals surface area contributed by atoms with Crippen molar-refractivity contribution in [1.82, 2.24) is 9.78 Å². The van der Waals surface area contributed by atoms with Gasteiger partial charge in [0.1, 0.15) is 0 Å². The number of aryl methyl sites for hydroxylation is 1. The number of ether oxygens (including phenoxy) is 2. The van der Waals surface area contributed by atoms with Crippen molar-refractivity contribution in [2.24, 2.45) is 0 Å². The van der Waals surface area contributed by atoms with Crippen LogP contribution in [0.4, 0.5) is 14.5 Å². The Hall–Kier alpha value is -2.64. The molecule has 0 unspecified atom stereocenters. The van der Waals surface area contributed by atoms with Crippen LogP contribution in [0.15, 0.2) is 24.4 Å². The molecular weight excluding hydrogens is 308 g/mol. The highest BCUT2D eigenvalue weighted by Gasteiger charge is 2.16. The van der Waals surface area contributed by atoms with E-state index in [9.17, 15) is 13.6 Å². The molecule has 124 valence electrons. The fourth-order valence-corrected chi connectivity index (χ4v) is 2.13.